The standard InChI is InChI=1S/C17H20ClNO2.ClH/c1-13(20)10-19-11-15-7-8-17(16(18)9-15)21-12-14-5-3-2-4-6-14;/h2-9,13,19-20H,10-12H2,1H3;1H/p-1. The Bertz CT molecular complexity index is 562. The smallest absolute Gasteiger partial charge is 0.138 e. The number of rotatable bonds is 7. The van der Waals surface area contributed by atoms with Crippen molar-refractivity contribution in [3.8, 4) is 5.75 Å². The average molecular weight is 341 g/mol. The lowest BCUT2D eigenvalue weighted by Gasteiger charge is -2.11. The van der Waals surface area contributed by atoms with Crippen LogP contribution >= 0.6 is 11.6 Å². The van der Waals surface area contributed by atoms with E-state index in [4.69, 9.17) is 16.3 Å². The van der Waals surface area contributed by atoms with Gasteiger partial charge in [-0.15, -0.1) is 0 Å². The van der Waals surface area contributed by atoms with Crippen LogP contribution < -0.4 is 22.5 Å². The summed E-state index contributed by atoms with van der Waals surface area (Å²) in [5, 5.41) is 13.0. The summed E-state index contributed by atoms with van der Waals surface area (Å²) in [4.78, 5) is 0. The molecule has 0 aromatic heterocycles. The highest BCUT2D eigenvalue weighted by molar-refractivity contribution is 6.32. The second-order valence-corrected chi connectivity index (χ2v) is 5.43. The minimum atomic E-state index is -0.353. The van der Waals surface area contributed by atoms with Gasteiger partial charge in [0.1, 0.15) is 12.4 Å². The molecule has 0 saturated heterocycles. The van der Waals surface area contributed by atoms with Crippen LogP contribution in [0, 0.1) is 0 Å². The highest BCUT2D eigenvalue weighted by atomic mass is 35.5. The molecule has 0 aliphatic rings. The fraction of sp³-hybridized carbons (Fsp3) is 0.294. The maximum Gasteiger partial charge on any atom is 0.138 e. The van der Waals surface area contributed by atoms with Gasteiger partial charge in [0.25, 0.3) is 0 Å². The van der Waals surface area contributed by atoms with Crippen molar-refractivity contribution in [2.24, 2.45) is 0 Å². The average Bonchev–Trinajstić information content (AvgIpc) is 2.47. The highest BCUT2D eigenvalue weighted by Gasteiger charge is 2.04. The molecule has 120 valence electrons. The SMILES string of the molecule is CC(O)CNCc1ccc(OCc2ccccc2)c(Cl)c1.[Cl-]. The molecule has 0 aliphatic heterocycles. The number of ether oxygens (including phenoxy) is 1. The first-order valence-electron chi connectivity index (χ1n) is 6.99. The highest BCUT2D eigenvalue weighted by Crippen LogP contribution is 2.26. The van der Waals surface area contributed by atoms with Crippen LogP contribution in [0.15, 0.2) is 48.5 Å². The van der Waals surface area contributed by atoms with Gasteiger partial charge in [-0.2, -0.15) is 0 Å². The van der Waals surface area contributed by atoms with E-state index in [0.717, 1.165) is 11.1 Å². The Kier molecular flexibility index (Phi) is 8.28. The summed E-state index contributed by atoms with van der Waals surface area (Å²) in [6.07, 6.45) is -0.353. The maximum absolute atomic E-state index is 9.20. The molecule has 3 nitrogen and oxygen atoms in total. The number of aliphatic hydroxyl groups excluding tert-OH is 1. The van der Waals surface area contributed by atoms with Gasteiger partial charge in [-0.1, -0.05) is 48.0 Å². The van der Waals surface area contributed by atoms with Crippen molar-refractivity contribution >= 4 is 11.6 Å². The third-order valence-electron chi connectivity index (χ3n) is 3.00. The van der Waals surface area contributed by atoms with Crippen LogP contribution in [0.2, 0.25) is 5.02 Å². The number of hydrogen-bond acceptors (Lipinski definition) is 3. The van der Waals surface area contributed by atoms with Crippen molar-refractivity contribution in [1.82, 2.24) is 5.32 Å². The number of nitrogens with one attached hydrogen (secondary N) is 1. The summed E-state index contributed by atoms with van der Waals surface area (Å²) < 4.78 is 5.73. The lowest BCUT2D eigenvalue weighted by Crippen LogP contribution is -3.00. The van der Waals surface area contributed by atoms with Crippen LogP contribution in [-0.4, -0.2) is 17.8 Å². The molecule has 0 heterocycles. The van der Waals surface area contributed by atoms with Crippen molar-refractivity contribution < 1.29 is 22.3 Å². The van der Waals surface area contributed by atoms with Crippen LogP contribution in [0.5, 0.6) is 5.75 Å². The Morgan fingerprint density at radius 3 is 2.50 bits per heavy atom. The normalized spacial score (nSPS) is 11.6. The predicted molar refractivity (Wildman–Crippen MR) is 85.6 cm³/mol. The Balaban J connectivity index is 0.00000242. The summed E-state index contributed by atoms with van der Waals surface area (Å²) in [6, 6.07) is 15.7. The number of benzene rings is 2. The number of halogens is 2. The van der Waals surface area contributed by atoms with Crippen LogP contribution in [0.4, 0.5) is 0 Å². The molecule has 0 fully saturated rings. The molecule has 0 bridgehead atoms. The minimum Gasteiger partial charge on any atom is -1.00 e. The zero-order valence-electron chi connectivity index (χ0n) is 12.4. The molecule has 1 atom stereocenters. The van der Waals surface area contributed by atoms with E-state index in [0.29, 0.717) is 30.5 Å². The zero-order chi connectivity index (χ0) is 15.1. The number of aliphatic hydroxyl groups is 1. The second kappa shape index (κ2) is 9.70. The van der Waals surface area contributed by atoms with Crippen LogP contribution in [0.1, 0.15) is 18.1 Å². The topological polar surface area (TPSA) is 41.5 Å². The van der Waals surface area contributed by atoms with Crippen molar-refractivity contribution in [2.45, 2.75) is 26.2 Å². The van der Waals surface area contributed by atoms with Crippen molar-refractivity contribution in [3.63, 3.8) is 0 Å². The summed E-state index contributed by atoms with van der Waals surface area (Å²) in [6.45, 7) is 3.48. The van der Waals surface area contributed by atoms with E-state index < -0.39 is 0 Å². The molecule has 0 aliphatic carbocycles. The first-order chi connectivity index (χ1) is 10.1. The van der Waals surface area contributed by atoms with Gasteiger partial charge in [0.15, 0.2) is 0 Å². The summed E-state index contributed by atoms with van der Waals surface area (Å²) in [5.74, 6) is 0.680. The molecule has 0 saturated carbocycles. The van der Waals surface area contributed by atoms with E-state index in [1.807, 2.05) is 48.5 Å². The molecular formula is C17H20Cl2NO2-. The van der Waals surface area contributed by atoms with Crippen molar-refractivity contribution in [1.29, 1.82) is 0 Å². The van der Waals surface area contributed by atoms with Crippen molar-refractivity contribution in [2.75, 3.05) is 6.54 Å². The second-order valence-electron chi connectivity index (χ2n) is 5.02. The van der Waals surface area contributed by atoms with E-state index in [-0.39, 0.29) is 18.5 Å². The van der Waals surface area contributed by atoms with Gasteiger partial charge < -0.3 is 27.6 Å². The zero-order valence-corrected chi connectivity index (χ0v) is 13.9. The third-order valence-corrected chi connectivity index (χ3v) is 3.30. The largest absolute Gasteiger partial charge is 1.00 e. The van der Waals surface area contributed by atoms with Gasteiger partial charge >= 0.3 is 0 Å². The molecule has 22 heavy (non-hydrogen) atoms. The van der Waals surface area contributed by atoms with Gasteiger partial charge in [-0.05, 0) is 30.2 Å². The Morgan fingerprint density at radius 2 is 1.86 bits per heavy atom. The summed E-state index contributed by atoms with van der Waals surface area (Å²) in [7, 11) is 0. The molecule has 1 unspecified atom stereocenters. The first-order valence-corrected chi connectivity index (χ1v) is 7.37. The maximum atomic E-state index is 9.20. The Morgan fingerprint density at radius 1 is 1.14 bits per heavy atom. The monoisotopic (exact) mass is 340 g/mol. The van der Waals surface area contributed by atoms with E-state index in [2.05, 4.69) is 5.32 Å². The van der Waals surface area contributed by atoms with E-state index in [1.54, 1.807) is 6.92 Å². The molecule has 2 rings (SSSR count). The Labute approximate surface area is 142 Å². The van der Waals surface area contributed by atoms with Gasteiger partial charge in [0.05, 0.1) is 11.1 Å². The fourth-order valence-electron chi connectivity index (χ4n) is 1.93. The minimum absolute atomic E-state index is 0. The predicted octanol–water partition coefficient (Wildman–Crippen LogP) is 0.393. The first kappa shape index (κ1) is 18.8. The van der Waals surface area contributed by atoms with Gasteiger partial charge in [-0.25, -0.2) is 0 Å². The quantitative estimate of drug-likeness (QED) is 0.766. The number of hydrogen-bond donors (Lipinski definition) is 2. The molecule has 2 N–H and O–H groups in total. The molecule has 2 aromatic rings. The molecule has 0 amide bonds. The molecule has 5 heteroatoms. The van der Waals surface area contributed by atoms with Gasteiger partial charge in [0, 0.05) is 13.1 Å². The van der Waals surface area contributed by atoms with E-state index >= 15 is 0 Å². The lowest BCUT2D eigenvalue weighted by atomic mass is 10.2. The van der Waals surface area contributed by atoms with Crippen molar-refractivity contribution in [3.05, 3.63) is 64.7 Å². The van der Waals surface area contributed by atoms with Crippen LogP contribution in [-0.2, 0) is 13.2 Å². The van der Waals surface area contributed by atoms with Crippen LogP contribution in [0.3, 0.4) is 0 Å². The molecule has 0 radical (unpaired) electrons. The van der Waals surface area contributed by atoms with Gasteiger partial charge in [0.2, 0.25) is 0 Å². The third kappa shape index (κ3) is 6.24. The molecular weight excluding hydrogens is 321 g/mol. The molecule has 0 spiro atoms. The van der Waals surface area contributed by atoms with E-state index in [9.17, 15) is 5.11 Å². The summed E-state index contributed by atoms with van der Waals surface area (Å²) >= 11 is 6.23. The van der Waals surface area contributed by atoms with Gasteiger partial charge in [-0.3, -0.25) is 0 Å². The molecule has 2 aromatic carbocycles. The van der Waals surface area contributed by atoms with E-state index in [1.165, 1.54) is 0 Å². The van der Waals surface area contributed by atoms with Crippen LogP contribution in [0.25, 0.3) is 0 Å². The fourth-order valence-corrected chi connectivity index (χ4v) is 2.19. The lowest BCUT2D eigenvalue weighted by molar-refractivity contribution is -0.00000677. The Hall–Kier alpha value is -1.26. The summed E-state index contributed by atoms with van der Waals surface area (Å²) in [5.41, 5.74) is 2.17.